The minimum Gasteiger partial charge on any atom is -0.494 e. The number of benzene rings is 2. The van der Waals surface area contributed by atoms with Crippen molar-refractivity contribution in [2.24, 2.45) is 0 Å². The average molecular weight is 506 g/mol. The largest absolute Gasteiger partial charge is 0.494 e. The van der Waals surface area contributed by atoms with Gasteiger partial charge >= 0.3 is 0 Å². The van der Waals surface area contributed by atoms with Gasteiger partial charge in [-0.05, 0) is 61.7 Å². The maximum atomic E-state index is 13.2. The molecule has 35 heavy (non-hydrogen) atoms. The lowest BCUT2D eigenvalue weighted by atomic mass is 10.1. The number of aromatic nitrogens is 2. The molecular formula is C27H27N3O3S2. The molecule has 1 aromatic heterocycles. The molecule has 2 aliphatic rings. The Morgan fingerprint density at radius 3 is 2.71 bits per heavy atom. The van der Waals surface area contributed by atoms with Gasteiger partial charge < -0.3 is 9.47 Å². The quantitative estimate of drug-likeness (QED) is 0.289. The second kappa shape index (κ2) is 10.8. The molecule has 0 unspecified atom stereocenters. The van der Waals surface area contributed by atoms with Crippen molar-refractivity contribution in [3.63, 3.8) is 0 Å². The van der Waals surface area contributed by atoms with E-state index in [1.807, 2.05) is 71.6 Å². The van der Waals surface area contributed by atoms with Gasteiger partial charge in [0.1, 0.15) is 10.1 Å². The smallest absolute Gasteiger partial charge is 0.266 e. The number of carbonyl (C=O) groups excluding carboxylic acids is 1. The summed E-state index contributed by atoms with van der Waals surface area (Å²) in [5.41, 5.74) is 3.54. The summed E-state index contributed by atoms with van der Waals surface area (Å²) in [6, 6.07) is 17.9. The van der Waals surface area contributed by atoms with Crippen LogP contribution in [0.25, 0.3) is 23.0 Å². The lowest BCUT2D eigenvalue weighted by Crippen LogP contribution is -2.35. The molecule has 2 saturated heterocycles. The summed E-state index contributed by atoms with van der Waals surface area (Å²) in [7, 11) is 0. The number of hydrogen-bond acceptors (Lipinski definition) is 6. The number of ether oxygens (including phenoxy) is 2. The van der Waals surface area contributed by atoms with Crippen molar-refractivity contribution >= 4 is 40.3 Å². The Labute approximate surface area is 214 Å². The van der Waals surface area contributed by atoms with Gasteiger partial charge in [0.15, 0.2) is 0 Å². The van der Waals surface area contributed by atoms with Crippen LogP contribution in [0.5, 0.6) is 5.75 Å². The summed E-state index contributed by atoms with van der Waals surface area (Å²) >= 11 is 6.88. The number of carbonyl (C=O) groups is 1. The van der Waals surface area contributed by atoms with Gasteiger partial charge in [0.25, 0.3) is 5.91 Å². The van der Waals surface area contributed by atoms with Crippen LogP contribution in [-0.4, -0.2) is 50.8 Å². The molecule has 0 radical (unpaired) electrons. The minimum absolute atomic E-state index is 0.0571. The highest BCUT2D eigenvalue weighted by Crippen LogP contribution is 2.36. The fourth-order valence-electron chi connectivity index (χ4n) is 4.15. The standard InChI is InChI=1S/C27H27N3O3S2/c1-2-14-32-22-12-10-19(11-13-22)25-20(17-30(28-25)21-7-4-3-5-8-21)16-24-26(31)29(27(34)35-24)18-23-9-6-15-33-23/h3-5,7-8,10-13,16-17,23H,2,6,9,14-15,18H2,1H3/b24-16-/t23-/m1/s1. The Bertz CT molecular complexity index is 1230. The summed E-state index contributed by atoms with van der Waals surface area (Å²) in [4.78, 5) is 15.5. The van der Waals surface area contributed by atoms with E-state index in [-0.39, 0.29) is 12.0 Å². The summed E-state index contributed by atoms with van der Waals surface area (Å²) in [6.07, 6.45) is 6.86. The fourth-order valence-corrected chi connectivity index (χ4v) is 5.42. The van der Waals surface area contributed by atoms with E-state index >= 15 is 0 Å². The highest BCUT2D eigenvalue weighted by Gasteiger charge is 2.35. The van der Waals surface area contributed by atoms with Gasteiger partial charge in [-0.1, -0.05) is 49.1 Å². The van der Waals surface area contributed by atoms with Crippen LogP contribution in [0.1, 0.15) is 31.7 Å². The first-order valence-corrected chi connectivity index (χ1v) is 13.1. The molecule has 2 aromatic carbocycles. The molecule has 0 bridgehead atoms. The predicted molar refractivity (Wildman–Crippen MR) is 144 cm³/mol. The van der Waals surface area contributed by atoms with Crippen LogP contribution in [0.2, 0.25) is 0 Å². The molecule has 2 fully saturated rings. The van der Waals surface area contributed by atoms with E-state index in [4.69, 9.17) is 26.8 Å². The molecule has 3 heterocycles. The van der Waals surface area contributed by atoms with Crippen molar-refractivity contribution in [2.75, 3.05) is 19.8 Å². The van der Waals surface area contributed by atoms with Crippen LogP contribution in [-0.2, 0) is 9.53 Å². The first-order chi connectivity index (χ1) is 17.1. The van der Waals surface area contributed by atoms with Gasteiger partial charge in [-0.2, -0.15) is 5.10 Å². The predicted octanol–water partition coefficient (Wildman–Crippen LogP) is 5.71. The Kier molecular flexibility index (Phi) is 7.32. The first-order valence-electron chi connectivity index (χ1n) is 11.9. The lowest BCUT2D eigenvalue weighted by Gasteiger charge is -2.18. The molecule has 6 nitrogen and oxygen atoms in total. The zero-order valence-corrected chi connectivity index (χ0v) is 21.2. The molecule has 1 amide bonds. The van der Waals surface area contributed by atoms with E-state index in [0.29, 0.717) is 22.4 Å². The number of para-hydroxylation sites is 1. The minimum atomic E-state index is -0.0720. The van der Waals surface area contributed by atoms with E-state index < -0.39 is 0 Å². The van der Waals surface area contributed by atoms with Crippen LogP contribution in [0.15, 0.2) is 65.7 Å². The second-order valence-electron chi connectivity index (χ2n) is 8.51. The zero-order valence-electron chi connectivity index (χ0n) is 19.6. The molecule has 0 spiro atoms. The van der Waals surface area contributed by atoms with Crippen molar-refractivity contribution in [2.45, 2.75) is 32.3 Å². The molecule has 2 aliphatic heterocycles. The maximum absolute atomic E-state index is 13.2. The zero-order chi connectivity index (χ0) is 24.2. The number of hydrogen-bond donors (Lipinski definition) is 0. The van der Waals surface area contributed by atoms with Crippen LogP contribution in [0, 0.1) is 0 Å². The van der Waals surface area contributed by atoms with Gasteiger partial charge in [-0.15, -0.1) is 0 Å². The van der Waals surface area contributed by atoms with Gasteiger partial charge in [0, 0.05) is 23.9 Å². The van der Waals surface area contributed by atoms with Crippen LogP contribution < -0.4 is 4.74 Å². The third-order valence-electron chi connectivity index (χ3n) is 5.93. The SMILES string of the molecule is CCCOc1ccc(-c2nn(-c3ccccc3)cc2/C=C2\SC(=S)N(C[C@H]3CCCO3)C2=O)cc1. The summed E-state index contributed by atoms with van der Waals surface area (Å²) in [5, 5.41) is 4.88. The number of amides is 1. The van der Waals surface area contributed by atoms with E-state index in [9.17, 15) is 4.79 Å². The molecular weight excluding hydrogens is 478 g/mol. The van der Waals surface area contributed by atoms with Crippen molar-refractivity contribution < 1.29 is 14.3 Å². The lowest BCUT2D eigenvalue weighted by molar-refractivity contribution is -0.123. The molecule has 8 heteroatoms. The molecule has 5 rings (SSSR count). The highest BCUT2D eigenvalue weighted by atomic mass is 32.2. The first kappa shape index (κ1) is 23.8. The Balaban J connectivity index is 1.47. The van der Waals surface area contributed by atoms with Gasteiger partial charge in [0.2, 0.25) is 0 Å². The Morgan fingerprint density at radius 2 is 2.00 bits per heavy atom. The van der Waals surface area contributed by atoms with E-state index in [1.165, 1.54) is 11.8 Å². The molecule has 0 N–H and O–H groups in total. The normalized spacial score (nSPS) is 19.2. The van der Waals surface area contributed by atoms with Crippen molar-refractivity contribution in [1.82, 2.24) is 14.7 Å². The Morgan fingerprint density at radius 1 is 1.20 bits per heavy atom. The van der Waals surface area contributed by atoms with Crippen LogP contribution in [0.3, 0.4) is 0 Å². The summed E-state index contributed by atoms with van der Waals surface area (Å²) < 4.78 is 13.9. The van der Waals surface area contributed by atoms with E-state index in [0.717, 1.165) is 54.1 Å². The second-order valence-corrected chi connectivity index (χ2v) is 10.2. The highest BCUT2D eigenvalue weighted by molar-refractivity contribution is 8.26. The number of thioether (sulfide) groups is 1. The summed E-state index contributed by atoms with van der Waals surface area (Å²) in [6.45, 7) is 4.03. The molecule has 0 aliphatic carbocycles. The van der Waals surface area contributed by atoms with Crippen molar-refractivity contribution in [1.29, 1.82) is 0 Å². The average Bonchev–Trinajstić information content (AvgIpc) is 3.61. The van der Waals surface area contributed by atoms with Gasteiger partial charge in [-0.25, -0.2) is 4.68 Å². The fraction of sp³-hybridized carbons (Fsp3) is 0.296. The molecule has 0 saturated carbocycles. The summed E-state index contributed by atoms with van der Waals surface area (Å²) in [5.74, 6) is 0.756. The number of nitrogens with zero attached hydrogens (tertiary/aromatic N) is 3. The number of thiocarbonyl (C=S) groups is 1. The van der Waals surface area contributed by atoms with E-state index in [2.05, 4.69) is 6.92 Å². The molecule has 3 aromatic rings. The van der Waals surface area contributed by atoms with Gasteiger partial charge in [0.05, 0.1) is 35.5 Å². The molecule has 180 valence electrons. The van der Waals surface area contributed by atoms with E-state index in [1.54, 1.807) is 4.90 Å². The monoisotopic (exact) mass is 505 g/mol. The molecule has 1 atom stereocenters. The maximum Gasteiger partial charge on any atom is 0.266 e. The third-order valence-corrected chi connectivity index (χ3v) is 7.31. The van der Waals surface area contributed by atoms with Crippen molar-refractivity contribution in [3.8, 4) is 22.7 Å². The number of rotatable bonds is 8. The van der Waals surface area contributed by atoms with Crippen molar-refractivity contribution in [3.05, 3.63) is 71.3 Å². The van der Waals surface area contributed by atoms with Gasteiger partial charge in [-0.3, -0.25) is 9.69 Å². The topological polar surface area (TPSA) is 56.6 Å². The third kappa shape index (κ3) is 5.34. The van der Waals surface area contributed by atoms with Crippen LogP contribution in [0.4, 0.5) is 0 Å². The Hall–Kier alpha value is -2.94. The van der Waals surface area contributed by atoms with Crippen LogP contribution >= 0.6 is 24.0 Å².